The van der Waals surface area contributed by atoms with E-state index >= 15 is 0 Å². The molecule has 44 heavy (non-hydrogen) atoms. The molecule has 4 rings (SSSR count). The zero-order valence-corrected chi connectivity index (χ0v) is 24.9. The van der Waals surface area contributed by atoms with E-state index in [4.69, 9.17) is 32.5 Å². The summed E-state index contributed by atoms with van der Waals surface area (Å²) < 4.78 is 38.5. The SMILES string of the molecule is CCOC(=O)c1cc(=O)c2c(OCC(COc3cccc4oc(C(=O)OCC)cc(=O)c34)OC(=O)C(C)(C)C)cccc2o1. The third-order valence-corrected chi connectivity index (χ3v) is 6.12. The molecule has 12 nitrogen and oxygen atoms in total. The minimum absolute atomic E-state index is 0.0754. The van der Waals surface area contributed by atoms with E-state index in [1.165, 1.54) is 24.3 Å². The van der Waals surface area contributed by atoms with Crippen LogP contribution in [0.3, 0.4) is 0 Å². The molecular formula is C32H32O12. The quantitative estimate of drug-likeness (QED) is 0.171. The Balaban J connectivity index is 1.60. The maximum absolute atomic E-state index is 12.9. The Hall–Kier alpha value is -5.13. The summed E-state index contributed by atoms with van der Waals surface area (Å²) in [6.45, 7) is 8.04. The molecule has 2 aromatic carbocycles. The first-order valence-electron chi connectivity index (χ1n) is 13.9. The van der Waals surface area contributed by atoms with Gasteiger partial charge >= 0.3 is 17.9 Å². The standard InChI is InChI=1S/C32H32O12/c1-6-38-29(35)25-14-19(33)27-21(10-8-12-23(27)43-25)40-16-18(42-31(37)32(3,4)5)17-41-22-11-9-13-24-28(22)20(34)15-26(44-24)30(36)39-7-2/h8-15,18H,6-7,16-17H2,1-5H3. The van der Waals surface area contributed by atoms with Crippen molar-refractivity contribution in [1.29, 1.82) is 0 Å². The highest BCUT2D eigenvalue weighted by Crippen LogP contribution is 2.26. The second kappa shape index (κ2) is 13.4. The summed E-state index contributed by atoms with van der Waals surface area (Å²) in [5, 5.41) is 0.151. The third kappa shape index (κ3) is 7.25. The molecule has 0 aliphatic carbocycles. The van der Waals surface area contributed by atoms with Crippen molar-refractivity contribution < 1.29 is 46.9 Å². The van der Waals surface area contributed by atoms with Crippen LogP contribution in [-0.2, 0) is 19.0 Å². The average Bonchev–Trinajstić information content (AvgIpc) is 2.97. The minimum Gasteiger partial charge on any atom is -0.489 e. The lowest BCUT2D eigenvalue weighted by atomic mass is 9.97. The van der Waals surface area contributed by atoms with Crippen molar-refractivity contribution in [1.82, 2.24) is 0 Å². The summed E-state index contributed by atoms with van der Waals surface area (Å²) >= 11 is 0. The second-order valence-corrected chi connectivity index (χ2v) is 10.5. The van der Waals surface area contributed by atoms with Crippen LogP contribution in [0.25, 0.3) is 21.9 Å². The Kier molecular flexibility index (Phi) is 9.72. The maximum Gasteiger partial charge on any atom is 0.374 e. The van der Waals surface area contributed by atoms with Crippen molar-refractivity contribution in [2.24, 2.45) is 5.41 Å². The molecule has 12 heteroatoms. The van der Waals surface area contributed by atoms with Crippen LogP contribution < -0.4 is 20.3 Å². The number of carbonyl (C=O) groups is 3. The molecule has 0 N–H and O–H groups in total. The van der Waals surface area contributed by atoms with Gasteiger partial charge in [0.15, 0.2) is 17.0 Å². The molecule has 4 aromatic rings. The van der Waals surface area contributed by atoms with Crippen LogP contribution in [0.2, 0.25) is 0 Å². The summed E-state index contributed by atoms with van der Waals surface area (Å²) in [5.41, 5.74) is -1.72. The molecule has 0 radical (unpaired) electrons. The summed E-state index contributed by atoms with van der Waals surface area (Å²) in [5.74, 6) is -2.33. The van der Waals surface area contributed by atoms with Gasteiger partial charge in [-0.05, 0) is 58.9 Å². The average molecular weight is 609 g/mol. The van der Waals surface area contributed by atoms with Gasteiger partial charge in [-0.1, -0.05) is 12.1 Å². The van der Waals surface area contributed by atoms with E-state index in [1.807, 2.05) is 0 Å². The molecule has 0 unspecified atom stereocenters. The number of esters is 3. The fourth-order valence-electron chi connectivity index (χ4n) is 4.01. The first-order valence-corrected chi connectivity index (χ1v) is 13.9. The van der Waals surface area contributed by atoms with Gasteiger partial charge in [-0.15, -0.1) is 0 Å². The predicted molar refractivity (Wildman–Crippen MR) is 157 cm³/mol. The number of benzene rings is 2. The van der Waals surface area contributed by atoms with Crippen molar-refractivity contribution in [3.63, 3.8) is 0 Å². The van der Waals surface area contributed by atoms with E-state index in [0.29, 0.717) is 0 Å². The maximum atomic E-state index is 12.9. The smallest absolute Gasteiger partial charge is 0.374 e. The molecule has 0 bridgehead atoms. The Morgan fingerprint density at radius 3 is 1.55 bits per heavy atom. The molecule has 0 atom stereocenters. The van der Waals surface area contributed by atoms with E-state index in [1.54, 1.807) is 46.8 Å². The monoisotopic (exact) mass is 608 g/mol. The first-order chi connectivity index (χ1) is 20.9. The van der Waals surface area contributed by atoms with E-state index in [9.17, 15) is 24.0 Å². The van der Waals surface area contributed by atoms with Crippen molar-refractivity contribution in [3.8, 4) is 11.5 Å². The Morgan fingerprint density at radius 2 is 1.16 bits per heavy atom. The second-order valence-electron chi connectivity index (χ2n) is 10.5. The van der Waals surface area contributed by atoms with Gasteiger partial charge in [0, 0.05) is 12.1 Å². The van der Waals surface area contributed by atoms with Gasteiger partial charge < -0.3 is 32.5 Å². The molecular weight excluding hydrogens is 576 g/mol. The van der Waals surface area contributed by atoms with Crippen molar-refractivity contribution in [3.05, 3.63) is 80.5 Å². The van der Waals surface area contributed by atoms with Crippen LogP contribution in [-0.4, -0.2) is 50.4 Å². The highest BCUT2D eigenvalue weighted by atomic mass is 16.6. The molecule has 0 saturated carbocycles. The van der Waals surface area contributed by atoms with Crippen molar-refractivity contribution in [2.45, 2.75) is 40.7 Å². The fourth-order valence-corrected chi connectivity index (χ4v) is 4.01. The number of rotatable bonds is 11. The Morgan fingerprint density at radius 1 is 0.727 bits per heavy atom. The first kappa shape index (κ1) is 31.8. The van der Waals surface area contributed by atoms with Gasteiger partial charge in [-0.3, -0.25) is 14.4 Å². The molecule has 0 aliphatic rings. The van der Waals surface area contributed by atoms with E-state index in [0.717, 1.165) is 12.1 Å². The topological polar surface area (TPSA) is 158 Å². The van der Waals surface area contributed by atoms with Crippen LogP contribution >= 0.6 is 0 Å². The Bertz CT molecular complexity index is 1690. The number of hydrogen-bond acceptors (Lipinski definition) is 12. The van der Waals surface area contributed by atoms with E-state index in [2.05, 4.69) is 0 Å². The van der Waals surface area contributed by atoms with Crippen LogP contribution in [0, 0.1) is 5.41 Å². The van der Waals surface area contributed by atoms with Crippen molar-refractivity contribution in [2.75, 3.05) is 26.4 Å². The number of fused-ring (bicyclic) bond motifs is 2. The molecule has 2 heterocycles. The Labute approximate surface area is 251 Å². The highest BCUT2D eigenvalue weighted by Gasteiger charge is 2.28. The van der Waals surface area contributed by atoms with Gasteiger partial charge in [0.05, 0.1) is 18.6 Å². The van der Waals surface area contributed by atoms with Gasteiger partial charge in [-0.2, -0.15) is 0 Å². The van der Waals surface area contributed by atoms with E-state index in [-0.39, 0.29) is 71.4 Å². The van der Waals surface area contributed by atoms with Gasteiger partial charge in [-0.25, -0.2) is 9.59 Å². The zero-order chi connectivity index (χ0) is 32.0. The molecule has 0 aliphatic heterocycles. The normalized spacial score (nSPS) is 11.4. The largest absolute Gasteiger partial charge is 0.489 e. The summed E-state index contributed by atoms with van der Waals surface area (Å²) in [4.78, 5) is 62.8. The van der Waals surface area contributed by atoms with Crippen LogP contribution in [0.5, 0.6) is 11.5 Å². The lowest BCUT2D eigenvalue weighted by Gasteiger charge is -2.24. The van der Waals surface area contributed by atoms with Gasteiger partial charge in [0.2, 0.25) is 11.5 Å². The van der Waals surface area contributed by atoms with Crippen LogP contribution in [0.1, 0.15) is 55.7 Å². The number of carbonyl (C=O) groups excluding carboxylic acids is 3. The lowest BCUT2D eigenvalue weighted by molar-refractivity contribution is -0.161. The molecule has 2 aromatic heterocycles. The molecule has 0 fully saturated rings. The van der Waals surface area contributed by atoms with Crippen LogP contribution in [0.15, 0.2) is 67.0 Å². The predicted octanol–water partition coefficient (Wildman–Crippen LogP) is 4.67. The van der Waals surface area contributed by atoms with Gasteiger partial charge in [0.1, 0.15) is 46.7 Å². The summed E-state index contributed by atoms with van der Waals surface area (Å²) in [6.07, 6.45) is -0.996. The highest BCUT2D eigenvalue weighted by molar-refractivity contribution is 5.91. The summed E-state index contributed by atoms with van der Waals surface area (Å²) in [6, 6.07) is 11.3. The third-order valence-electron chi connectivity index (χ3n) is 6.12. The molecule has 0 spiro atoms. The van der Waals surface area contributed by atoms with Gasteiger partial charge in [0.25, 0.3) is 0 Å². The van der Waals surface area contributed by atoms with Crippen molar-refractivity contribution >= 4 is 39.8 Å². The zero-order valence-electron chi connectivity index (χ0n) is 24.9. The fraction of sp³-hybridized carbons (Fsp3) is 0.344. The minimum atomic E-state index is -0.996. The summed E-state index contributed by atoms with van der Waals surface area (Å²) in [7, 11) is 0. The van der Waals surface area contributed by atoms with Crippen LogP contribution in [0.4, 0.5) is 0 Å². The molecule has 232 valence electrons. The van der Waals surface area contributed by atoms with E-state index < -0.39 is 40.3 Å². The lowest BCUT2D eigenvalue weighted by Crippen LogP contribution is -2.35. The number of hydrogen-bond donors (Lipinski definition) is 0. The number of ether oxygens (including phenoxy) is 5. The molecule has 0 amide bonds. The molecule has 0 saturated heterocycles.